The molecule has 17 heavy (non-hydrogen) atoms. The third-order valence-corrected chi connectivity index (χ3v) is 3.26. The smallest absolute Gasteiger partial charge is 0.0640 e. The predicted octanol–water partition coefficient (Wildman–Crippen LogP) is 3.12. The zero-order chi connectivity index (χ0) is 12.7. The van der Waals surface area contributed by atoms with E-state index in [0.717, 1.165) is 24.2 Å². The SMILES string of the molecule is CC1(C)CC(c2ccc(N)cn2)CC(C)(C)O1. The summed E-state index contributed by atoms with van der Waals surface area (Å²) < 4.78 is 6.08. The van der Waals surface area contributed by atoms with Gasteiger partial charge in [-0.25, -0.2) is 0 Å². The minimum atomic E-state index is -0.0878. The van der Waals surface area contributed by atoms with Gasteiger partial charge in [0.2, 0.25) is 0 Å². The lowest BCUT2D eigenvalue weighted by molar-refractivity contribution is -0.162. The molecular formula is C14H22N2O. The Bertz CT molecular complexity index is 379. The van der Waals surface area contributed by atoms with Gasteiger partial charge in [0, 0.05) is 11.6 Å². The highest BCUT2D eigenvalue weighted by Gasteiger charge is 2.40. The van der Waals surface area contributed by atoms with Crippen molar-refractivity contribution in [1.29, 1.82) is 0 Å². The van der Waals surface area contributed by atoms with Gasteiger partial charge in [0.25, 0.3) is 0 Å². The van der Waals surface area contributed by atoms with E-state index in [-0.39, 0.29) is 11.2 Å². The fourth-order valence-electron chi connectivity index (χ4n) is 2.96. The van der Waals surface area contributed by atoms with Gasteiger partial charge in [0.1, 0.15) is 0 Å². The molecule has 1 aromatic rings. The van der Waals surface area contributed by atoms with Crippen LogP contribution in [0.15, 0.2) is 18.3 Å². The molecule has 1 saturated heterocycles. The van der Waals surface area contributed by atoms with Gasteiger partial charge in [0.05, 0.1) is 23.1 Å². The van der Waals surface area contributed by atoms with E-state index in [1.807, 2.05) is 12.1 Å². The van der Waals surface area contributed by atoms with Crippen molar-refractivity contribution in [2.45, 2.75) is 57.7 Å². The average Bonchev–Trinajstić information content (AvgIpc) is 2.13. The summed E-state index contributed by atoms with van der Waals surface area (Å²) in [4.78, 5) is 4.45. The highest BCUT2D eigenvalue weighted by atomic mass is 16.5. The molecule has 0 aliphatic carbocycles. The third kappa shape index (κ3) is 2.97. The number of nitrogens with two attached hydrogens (primary N) is 1. The van der Waals surface area contributed by atoms with E-state index in [4.69, 9.17) is 10.5 Å². The molecule has 2 rings (SSSR count). The monoisotopic (exact) mass is 234 g/mol. The zero-order valence-electron chi connectivity index (χ0n) is 11.2. The van der Waals surface area contributed by atoms with E-state index < -0.39 is 0 Å². The minimum absolute atomic E-state index is 0.0878. The molecule has 0 atom stereocenters. The fourth-order valence-corrected chi connectivity index (χ4v) is 2.96. The summed E-state index contributed by atoms with van der Waals surface area (Å²) in [6, 6.07) is 3.97. The number of nitrogen functional groups attached to an aromatic ring is 1. The maximum atomic E-state index is 6.08. The molecule has 1 aliphatic heterocycles. The number of ether oxygens (including phenoxy) is 1. The Morgan fingerprint density at radius 1 is 1.18 bits per heavy atom. The van der Waals surface area contributed by atoms with Crippen molar-refractivity contribution in [3.05, 3.63) is 24.0 Å². The van der Waals surface area contributed by atoms with Gasteiger partial charge in [-0.15, -0.1) is 0 Å². The molecule has 1 aliphatic rings. The van der Waals surface area contributed by atoms with Gasteiger partial charge in [-0.3, -0.25) is 4.98 Å². The molecule has 0 saturated carbocycles. The van der Waals surface area contributed by atoms with Crippen LogP contribution < -0.4 is 5.73 Å². The van der Waals surface area contributed by atoms with Crippen molar-refractivity contribution in [1.82, 2.24) is 4.98 Å². The number of hydrogen-bond donors (Lipinski definition) is 1. The van der Waals surface area contributed by atoms with Gasteiger partial charge in [-0.05, 0) is 52.7 Å². The summed E-state index contributed by atoms with van der Waals surface area (Å²) in [6.45, 7) is 8.60. The molecule has 0 radical (unpaired) electrons. The number of rotatable bonds is 1. The molecule has 3 heteroatoms. The van der Waals surface area contributed by atoms with Crippen LogP contribution in [0.4, 0.5) is 5.69 Å². The van der Waals surface area contributed by atoms with E-state index in [1.54, 1.807) is 6.20 Å². The van der Waals surface area contributed by atoms with Crippen LogP contribution in [0.2, 0.25) is 0 Å². The number of aromatic nitrogens is 1. The van der Waals surface area contributed by atoms with Crippen molar-refractivity contribution in [2.24, 2.45) is 0 Å². The van der Waals surface area contributed by atoms with E-state index in [1.165, 1.54) is 0 Å². The first-order chi connectivity index (χ1) is 7.77. The number of anilines is 1. The highest BCUT2D eigenvalue weighted by molar-refractivity contribution is 5.35. The van der Waals surface area contributed by atoms with Gasteiger partial charge in [-0.1, -0.05) is 0 Å². The predicted molar refractivity (Wildman–Crippen MR) is 69.9 cm³/mol. The normalized spacial score (nSPS) is 23.5. The second-order valence-corrected chi connectivity index (χ2v) is 6.24. The van der Waals surface area contributed by atoms with E-state index >= 15 is 0 Å². The molecule has 1 aromatic heterocycles. The standard InChI is InChI=1S/C14H22N2O/c1-13(2)7-10(8-14(3,4)17-13)12-6-5-11(15)9-16-12/h5-6,9-10H,7-8,15H2,1-4H3. The Hall–Kier alpha value is -1.09. The van der Waals surface area contributed by atoms with Crippen molar-refractivity contribution in [3.8, 4) is 0 Å². The highest BCUT2D eigenvalue weighted by Crippen LogP contribution is 2.42. The van der Waals surface area contributed by atoms with Crippen LogP contribution in [0.5, 0.6) is 0 Å². The molecule has 0 amide bonds. The third-order valence-electron chi connectivity index (χ3n) is 3.26. The lowest BCUT2D eigenvalue weighted by Gasteiger charge is -2.45. The molecule has 2 N–H and O–H groups in total. The lowest BCUT2D eigenvalue weighted by atomic mass is 9.79. The fraction of sp³-hybridized carbons (Fsp3) is 0.643. The largest absolute Gasteiger partial charge is 0.397 e. The van der Waals surface area contributed by atoms with Crippen LogP contribution in [0.1, 0.15) is 52.1 Å². The van der Waals surface area contributed by atoms with Crippen LogP contribution >= 0.6 is 0 Å². The first kappa shape index (κ1) is 12.4. The van der Waals surface area contributed by atoms with E-state index in [2.05, 4.69) is 32.7 Å². The first-order valence-electron chi connectivity index (χ1n) is 6.19. The Morgan fingerprint density at radius 3 is 2.24 bits per heavy atom. The molecule has 2 heterocycles. The number of pyridine rings is 1. The molecule has 0 bridgehead atoms. The molecular weight excluding hydrogens is 212 g/mol. The second-order valence-electron chi connectivity index (χ2n) is 6.24. The van der Waals surface area contributed by atoms with Gasteiger partial charge >= 0.3 is 0 Å². The number of hydrogen-bond acceptors (Lipinski definition) is 3. The molecule has 0 unspecified atom stereocenters. The summed E-state index contributed by atoms with van der Waals surface area (Å²) in [5, 5.41) is 0. The van der Waals surface area contributed by atoms with Crippen molar-refractivity contribution < 1.29 is 4.74 Å². The molecule has 0 aromatic carbocycles. The molecule has 94 valence electrons. The molecule has 3 nitrogen and oxygen atoms in total. The Kier molecular flexibility index (Phi) is 2.90. The van der Waals surface area contributed by atoms with Crippen LogP contribution in [-0.4, -0.2) is 16.2 Å². The Morgan fingerprint density at radius 2 is 1.76 bits per heavy atom. The minimum Gasteiger partial charge on any atom is -0.397 e. The van der Waals surface area contributed by atoms with Crippen molar-refractivity contribution in [3.63, 3.8) is 0 Å². The Labute approximate surface area is 103 Å². The van der Waals surface area contributed by atoms with Crippen LogP contribution in [0.3, 0.4) is 0 Å². The number of nitrogens with zero attached hydrogens (tertiary/aromatic N) is 1. The maximum Gasteiger partial charge on any atom is 0.0640 e. The summed E-state index contributed by atoms with van der Waals surface area (Å²) >= 11 is 0. The van der Waals surface area contributed by atoms with Crippen molar-refractivity contribution in [2.75, 3.05) is 5.73 Å². The van der Waals surface area contributed by atoms with Crippen LogP contribution in [0.25, 0.3) is 0 Å². The molecule has 0 spiro atoms. The quantitative estimate of drug-likeness (QED) is 0.812. The first-order valence-corrected chi connectivity index (χ1v) is 6.19. The van der Waals surface area contributed by atoms with E-state index in [9.17, 15) is 0 Å². The summed E-state index contributed by atoms with van der Waals surface area (Å²) in [5.74, 6) is 0.453. The van der Waals surface area contributed by atoms with Crippen LogP contribution in [0, 0.1) is 0 Å². The lowest BCUT2D eigenvalue weighted by Crippen LogP contribution is -2.44. The molecule has 1 fully saturated rings. The zero-order valence-corrected chi connectivity index (χ0v) is 11.2. The summed E-state index contributed by atoms with van der Waals surface area (Å²) in [7, 11) is 0. The topological polar surface area (TPSA) is 48.1 Å². The van der Waals surface area contributed by atoms with Crippen LogP contribution in [-0.2, 0) is 4.74 Å². The Balaban J connectivity index is 2.24. The van der Waals surface area contributed by atoms with Gasteiger partial charge in [-0.2, -0.15) is 0 Å². The summed E-state index contributed by atoms with van der Waals surface area (Å²) in [5.41, 5.74) is 7.35. The summed E-state index contributed by atoms with van der Waals surface area (Å²) in [6.07, 6.45) is 3.76. The van der Waals surface area contributed by atoms with E-state index in [0.29, 0.717) is 5.92 Å². The van der Waals surface area contributed by atoms with Gasteiger partial charge < -0.3 is 10.5 Å². The average molecular weight is 234 g/mol. The second kappa shape index (κ2) is 3.98. The maximum absolute atomic E-state index is 6.08. The van der Waals surface area contributed by atoms with Crippen molar-refractivity contribution >= 4 is 5.69 Å². The van der Waals surface area contributed by atoms with Gasteiger partial charge in [0.15, 0.2) is 0 Å².